The summed E-state index contributed by atoms with van der Waals surface area (Å²) in [4.78, 5) is 13.6. The van der Waals surface area contributed by atoms with Crippen molar-refractivity contribution in [2.75, 3.05) is 26.2 Å². The largest absolute Gasteiger partial charge is 0.340 e. The molecule has 1 saturated heterocycles. The molecule has 0 aliphatic carbocycles. The van der Waals surface area contributed by atoms with E-state index in [4.69, 9.17) is 9.05 Å². The van der Waals surface area contributed by atoms with Crippen LogP contribution in [0.25, 0.3) is 11.4 Å². The topological polar surface area (TPSA) is 84.3 Å². The molecule has 8 heteroatoms. The third-order valence-electron chi connectivity index (χ3n) is 5.00. The maximum Gasteiger partial charge on any atom is 0.244 e. The van der Waals surface area contributed by atoms with Gasteiger partial charge in [-0.1, -0.05) is 40.1 Å². The van der Waals surface area contributed by atoms with Crippen LogP contribution in [0, 0.1) is 13.8 Å². The molecule has 1 atom stereocenters. The fraction of sp³-hybridized carbons (Fsp3) is 0.474. The van der Waals surface area contributed by atoms with E-state index in [0.29, 0.717) is 17.6 Å². The monoisotopic (exact) mass is 368 g/mol. The van der Waals surface area contributed by atoms with Crippen LogP contribution < -0.4 is 0 Å². The molecule has 142 valence electrons. The third kappa shape index (κ3) is 4.06. The average molecular weight is 368 g/mol. The van der Waals surface area contributed by atoms with Gasteiger partial charge in [0.2, 0.25) is 17.6 Å². The van der Waals surface area contributed by atoms with E-state index in [1.807, 2.05) is 19.1 Å². The Morgan fingerprint density at radius 3 is 2.37 bits per heavy atom. The molecular weight excluding hydrogens is 344 g/mol. The van der Waals surface area contributed by atoms with Gasteiger partial charge in [0.15, 0.2) is 5.82 Å². The molecule has 4 rings (SSSR count). The Balaban J connectivity index is 1.35. The van der Waals surface area contributed by atoms with Crippen LogP contribution in [0.3, 0.4) is 0 Å². The molecule has 1 aliphatic rings. The highest BCUT2D eigenvalue weighted by molar-refractivity contribution is 5.54. The Bertz CT molecular complexity index is 880. The second-order valence-corrected chi connectivity index (χ2v) is 7.04. The summed E-state index contributed by atoms with van der Waals surface area (Å²) in [5.41, 5.74) is 2.19. The van der Waals surface area contributed by atoms with Crippen LogP contribution in [-0.4, -0.2) is 56.3 Å². The quantitative estimate of drug-likeness (QED) is 0.679. The van der Waals surface area contributed by atoms with Crippen molar-refractivity contribution in [2.45, 2.75) is 33.4 Å². The van der Waals surface area contributed by atoms with Crippen molar-refractivity contribution in [2.24, 2.45) is 0 Å². The van der Waals surface area contributed by atoms with Crippen molar-refractivity contribution in [3.05, 3.63) is 47.4 Å². The van der Waals surface area contributed by atoms with Gasteiger partial charge in [-0.2, -0.15) is 9.97 Å². The molecule has 8 nitrogen and oxygen atoms in total. The molecule has 0 amide bonds. The van der Waals surface area contributed by atoms with Crippen LogP contribution in [0.5, 0.6) is 0 Å². The van der Waals surface area contributed by atoms with Gasteiger partial charge in [0, 0.05) is 38.7 Å². The van der Waals surface area contributed by atoms with E-state index in [9.17, 15) is 0 Å². The van der Waals surface area contributed by atoms with Crippen LogP contribution in [0.15, 0.2) is 33.3 Å². The van der Waals surface area contributed by atoms with E-state index in [1.165, 1.54) is 5.56 Å². The molecule has 0 unspecified atom stereocenters. The van der Waals surface area contributed by atoms with E-state index >= 15 is 0 Å². The lowest BCUT2D eigenvalue weighted by Gasteiger charge is -2.36. The molecule has 2 aromatic heterocycles. The molecule has 1 aliphatic heterocycles. The summed E-state index contributed by atoms with van der Waals surface area (Å²) in [5, 5.41) is 8.13. The highest BCUT2D eigenvalue weighted by Gasteiger charge is 2.26. The number of aryl methyl sites for hydroxylation is 2. The number of aromatic nitrogens is 4. The SMILES string of the molecule is Cc1ccc(-c2noc([C@H](C)N3CCN(Cc4noc(C)n4)CC3)n2)cc1. The number of benzene rings is 1. The summed E-state index contributed by atoms with van der Waals surface area (Å²) in [7, 11) is 0. The molecular formula is C19H24N6O2. The van der Waals surface area contributed by atoms with Crippen molar-refractivity contribution < 1.29 is 9.05 Å². The lowest BCUT2D eigenvalue weighted by atomic mass is 10.1. The fourth-order valence-corrected chi connectivity index (χ4v) is 3.30. The van der Waals surface area contributed by atoms with Gasteiger partial charge in [0.25, 0.3) is 0 Å². The molecule has 1 aromatic carbocycles. The third-order valence-corrected chi connectivity index (χ3v) is 5.00. The summed E-state index contributed by atoms with van der Waals surface area (Å²) >= 11 is 0. The molecule has 0 bridgehead atoms. The maximum absolute atomic E-state index is 5.54. The van der Waals surface area contributed by atoms with Gasteiger partial charge in [-0.25, -0.2) is 0 Å². The van der Waals surface area contributed by atoms with Crippen LogP contribution in [0.1, 0.15) is 36.1 Å². The van der Waals surface area contributed by atoms with Gasteiger partial charge in [-0.3, -0.25) is 9.80 Å². The average Bonchev–Trinajstić information content (AvgIpc) is 3.32. The minimum absolute atomic E-state index is 0.0891. The molecule has 0 N–H and O–H groups in total. The summed E-state index contributed by atoms with van der Waals surface area (Å²) < 4.78 is 10.6. The highest BCUT2D eigenvalue weighted by Crippen LogP contribution is 2.24. The smallest absolute Gasteiger partial charge is 0.244 e. The van der Waals surface area contributed by atoms with Crippen LogP contribution in [0.2, 0.25) is 0 Å². The molecule has 3 heterocycles. The van der Waals surface area contributed by atoms with Gasteiger partial charge in [-0.05, 0) is 13.8 Å². The lowest BCUT2D eigenvalue weighted by Crippen LogP contribution is -2.46. The summed E-state index contributed by atoms with van der Waals surface area (Å²) in [6.07, 6.45) is 0. The standard InChI is InChI=1S/C19H24N6O2/c1-13-4-6-16(7-5-13)18-21-19(27-23-18)14(2)25-10-8-24(9-11-25)12-17-20-15(3)26-22-17/h4-7,14H,8-12H2,1-3H3/t14-/m0/s1. The minimum atomic E-state index is 0.0891. The Hall–Kier alpha value is -2.58. The second kappa shape index (κ2) is 7.58. The van der Waals surface area contributed by atoms with Crippen molar-refractivity contribution in [1.82, 2.24) is 30.1 Å². The summed E-state index contributed by atoms with van der Waals surface area (Å²) in [6.45, 7) is 10.5. The number of nitrogens with zero attached hydrogens (tertiary/aromatic N) is 6. The fourth-order valence-electron chi connectivity index (χ4n) is 3.30. The highest BCUT2D eigenvalue weighted by atomic mass is 16.5. The first-order valence-corrected chi connectivity index (χ1v) is 9.25. The first kappa shape index (κ1) is 17.8. The number of hydrogen-bond donors (Lipinski definition) is 0. The summed E-state index contributed by atoms with van der Waals surface area (Å²) in [6, 6.07) is 8.24. The first-order valence-electron chi connectivity index (χ1n) is 9.25. The van der Waals surface area contributed by atoms with Gasteiger partial charge in [-0.15, -0.1) is 0 Å². The van der Waals surface area contributed by atoms with E-state index in [-0.39, 0.29) is 6.04 Å². The van der Waals surface area contributed by atoms with Crippen molar-refractivity contribution >= 4 is 0 Å². The maximum atomic E-state index is 5.54. The van der Waals surface area contributed by atoms with Crippen molar-refractivity contribution in [1.29, 1.82) is 0 Å². The zero-order valence-electron chi connectivity index (χ0n) is 15.9. The number of piperazine rings is 1. The van der Waals surface area contributed by atoms with E-state index in [0.717, 1.165) is 44.1 Å². The predicted molar refractivity (Wildman–Crippen MR) is 98.8 cm³/mol. The van der Waals surface area contributed by atoms with Crippen molar-refractivity contribution in [3.8, 4) is 11.4 Å². The minimum Gasteiger partial charge on any atom is -0.340 e. The molecule has 27 heavy (non-hydrogen) atoms. The van der Waals surface area contributed by atoms with Crippen LogP contribution in [-0.2, 0) is 6.54 Å². The van der Waals surface area contributed by atoms with Gasteiger partial charge in [0.1, 0.15) is 0 Å². The second-order valence-electron chi connectivity index (χ2n) is 7.04. The van der Waals surface area contributed by atoms with E-state index in [2.05, 4.69) is 56.1 Å². The molecule has 0 radical (unpaired) electrons. The Morgan fingerprint density at radius 1 is 0.963 bits per heavy atom. The normalized spacial score (nSPS) is 17.3. The Labute approximate surface area is 158 Å². The number of rotatable bonds is 5. The Morgan fingerprint density at radius 2 is 1.70 bits per heavy atom. The van der Waals surface area contributed by atoms with Crippen LogP contribution in [0.4, 0.5) is 0 Å². The summed E-state index contributed by atoms with van der Waals surface area (Å²) in [5.74, 6) is 2.66. The van der Waals surface area contributed by atoms with E-state index in [1.54, 1.807) is 0 Å². The Kier molecular flexibility index (Phi) is 5.00. The van der Waals surface area contributed by atoms with Gasteiger partial charge >= 0.3 is 0 Å². The molecule has 1 fully saturated rings. The van der Waals surface area contributed by atoms with E-state index < -0.39 is 0 Å². The molecule has 0 spiro atoms. The number of hydrogen-bond acceptors (Lipinski definition) is 8. The lowest BCUT2D eigenvalue weighted by molar-refractivity contribution is 0.0827. The predicted octanol–water partition coefficient (Wildman–Crippen LogP) is 2.62. The zero-order chi connectivity index (χ0) is 18.8. The van der Waals surface area contributed by atoms with Crippen LogP contribution >= 0.6 is 0 Å². The molecule has 0 saturated carbocycles. The van der Waals surface area contributed by atoms with Gasteiger partial charge < -0.3 is 9.05 Å². The zero-order valence-corrected chi connectivity index (χ0v) is 15.9. The van der Waals surface area contributed by atoms with Gasteiger partial charge in [0.05, 0.1) is 12.6 Å². The van der Waals surface area contributed by atoms with Crippen molar-refractivity contribution in [3.63, 3.8) is 0 Å². The first-order chi connectivity index (χ1) is 13.1. The molecule has 3 aromatic rings.